The number of aryl methyl sites for hydroxylation is 1. The molecule has 5 aromatic rings. The van der Waals surface area contributed by atoms with Gasteiger partial charge < -0.3 is 19.8 Å². The summed E-state index contributed by atoms with van der Waals surface area (Å²) in [5.74, 6) is 0.380. The lowest BCUT2D eigenvalue weighted by Crippen LogP contribution is -2.36. The molecule has 1 aliphatic carbocycles. The summed E-state index contributed by atoms with van der Waals surface area (Å²) < 4.78 is 7.30. The van der Waals surface area contributed by atoms with Crippen molar-refractivity contribution in [3.63, 3.8) is 0 Å². The van der Waals surface area contributed by atoms with E-state index in [0.717, 1.165) is 35.9 Å². The summed E-state index contributed by atoms with van der Waals surface area (Å²) in [6.45, 7) is 1.91. The fraction of sp³-hybridized carbons (Fsp3) is 0.269. The molecule has 1 fully saturated rings. The van der Waals surface area contributed by atoms with Gasteiger partial charge in [-0.15, -0.1) is 0 Å². The largest absolute Gasteiger partial charge is 0.463 e. The Labute approximate surface area is 199 Å². The first-order chi connectivity index (χ1) is 17.0. The minimum atomic E-state index is -0.541. The monoisotopic (exact) mass is 471 g/mol. The van der Waals surface area contributed by atoms with E-state index in [-0.39, 0.29) is 17.0 Å². The van der Waals surface area contributed by atoms with Gasteiger partial charge in [-0.1, -0.05) is 24.5 Å². The Morgan fingerprint density at radius 3 is 2.86 bits per heavy atom. The van der Waals surface area contributed by atoms with Crippen LogP contribution in [0.4, 0.5) is 5.82 Å². The van der Waals surface area contributed by atoms with Crippen molar-refractivity contribution < 1.29 is 9.52 Å². The van der Waals surface area contributed by atoms with Crippen LogP contribution in [-0.2, 0) is 0 Å². The molecule has 2 atom stereocenters. The normalized spacial score (nSPS) is 18.3. The average Bonchev–Trinajstić information content (AvgIpc) is 3.44. The first-order valence-electron chi connectivity index (χ1n) is 11.8. The van der Waals surface area contributed by atoms with Crippen LogP contribution in [0.3, 0.4) is 0 Å². The summed E-state index contributed by atoms with van der Waals surface area (Å²) in [4.78, 5) is 37.2. The number of aliphatic hydroxyl groups is 1. The number of imidazole rings is 2. The van der Waals surface area contributed by atoms with Crippen molar-refractivity contribution in [3.05, 3.63) is 75.3 Å². The smallest absolute Gasteiger partial charge is 0.332 e. The van der Waals surface area contributed by atoms with Gasteiger partial charge in [-0.2, -0.15) is 0 Å². The van der Waals surface area contributed by atoms with Gasteiger partial charge in [0.15, 0.2) is 0 Å². The minimum Gasteiger partial charge on any atom is -0.463 e. The van der Waals surface area contributed by atoms with Gasteiger partial charge in [-0.25, -0.2) is 9.78 Å². The van der Waals surface area contributed by atoms with E-state index in [9.17, 15) is 14.7 Å². The maximum atomic E-state index is 13.7. The highest BCUT2D eigenvalue weighted by atomic mass is 16.3. The highest BCUT2D eigenvalue weighted by Gasteiger charge is 2.28. The molecule has 4 N–H and O–H groups in total. The van der Waals surface area contributed by atoms with Crippen molar-refractivity contribution in [2.75, 3.05) is 5.32 Å². The molecule has 0 saturated heterocycles. The number of H-pyrrole nitrogens is 2. The van der Waals surface area contributed by atoms with Crippen molar-refractivity contribution in [1.82, 2.24) is 19.5 Å². The summed E-state index contributed by atoms with van der Waals surface area (Å²) >= 11 is 0. The van der Waals surface area contributed by atoms with E-state index >= 15 is 0 Å². The molecule has 178 valence electrons. The Morgan fingerprint density at radius 1 is 1.14 bits per heavy atom. The second kappa shape index (κ2) is 8.28. The topological polar surface area (TPSA) is 129 Å². The predicted molar refractivity (Wildman–Crippen MR) is 134 cm³/mol. The maximum absolute atomic E-state index is 13.7. The fourth-order valence-corrected chi connectivity index (χ4v) is 4.98. The standard InChI is InChI=1S/C26H25N5O4/c1-14-6-9-22-16(10-14)24(33)17(12-35-22)23-25(29-19-4-2-3-5-21(19)32)30-26(34)31(23)15-7-8-18-20(11-15)28-13-27-18/h6-13,19,21,29,32H,2-5H2,1H3,(H,27,28)(H,30,34). The quantitative estimate of drug-likeness (QED) is 0.315. The summed E-state index contributed by atoms with van der Waals surface area (Å²) in [6, 6.07) is 10.6. The van der Waals surface area contributed by atoms with Gasteiger partial charge >= 0.3 is 5.69 Å². The van der Waals surface area contributed by atoms with Crippen LogP contribution in [0, 0.1) is 6.92 Å². The number of hydrogen-bond acceptors (Lipinski definition) is 6. The van der Waals surface area contributed by atoms with Crippen LogP contribution in [0.15, 0.2) is 63.0 Å². The van der Waals surface area contributed by atoms with Crippen LogP contribution in [0.2, 0.25) is 0 Å². The second-order valence-corrected chi connectivity index (χ2v) is 9.17. The number of nitrogens with one attached hydrogen (secondary N) is 3. The van der Waals surface area contributed by atoms with Crippen molar-refractivity contribution in [1.29, 1.82) is 0 Å². The van der Waals surface area contributed by atoms with Crippen molar-refractivity contribution in [3.8, 4) is 16.9 Å². The molecule has 0 spiro atoms. The molecule has 6 rings (SSSR count). The minimum absolute atomic E-state index is 0.237. The van der Waals surface area contributed by atoms with Gasteiger partial charge in [0, 0.05) is 0 Å². The van der Waals surface area contributed by atoms with E-state index in [1.807, 2.05) is 25.1 Å². The number of nitrogens with zero attached hydrogens (tertiary/aromatic N) is 2. The SMILES string of the molecule is Cc1ccc2occ(-c3c(NC4CCCCC4O)[nH]c(=O)n3-c3ccc4nc[nH]c4c3)c(=O)c2c1. The van der Waals surface area contributed by atoms with Gasteiger partial charge in [0.25, 0.3) is 0 Å². The second-order valence-electron chi connectivity index (χ2n) is 9.17. The van der Waals surface area contributed by atoms with Crippen molar-refractivity contribution in [2.24, 2.45) is 0 Å². The van der Waals surface area contributed by atoms with E-state index in [0.29, 0.717) is 34.6 Å². The number of aromatic nitrogens is 4. The van der Waals surface area contributed by atoms with Crippen LogP contribution >= 0.6 is 0 Å². The number of hydrogen-bond donors (Lipinski definition) is 4. The van der Waals surface area contributed by atoms with Gasteiger partial charge in [0.05, 0.1) is 46.1 Å². The molecule has 0 aliphatic heterocycles. The number of aromatic amines is 2. The number of anilines is 1. The van der Waals surface area contributed by atoms with E-state index < -0.39 is 11.8 Å². The van der Waals surface area contributed by atoms with Crippen LogP contribution in [0.1, 0.15) is 31.2 Å². The Hall–Kier alpha value is -4.11. The molecule has 0 amide bonds. The Morgan fingerprint density at radius 2 is 2.00 bits per heavy atom. The highest BCUT2D eigenvalue weighted by molar-refractivity contribution is 5.85. The molecule has 2 unspecified atom stereocenters. The zero-order valence-corrected chi connectivity index (χ0v) is 19.2. The summed E-state index contributed by atoms with van der Waals surface area (Å²) in [5.41, 5.74) is 3.48. The average molecular weight is 472 g/mol. The number of rotatable bonds is 4. The van der Waals surface area contributed by atoms with E-state index in [4.69, 9.17) is 4.42 Å². The van der Waals surface area contributed by atoms with Gasteiger partial charge in [-0.05, 0) is 50.1 Å². The Bertz CT molecular complexity index is 1670. The first-order valence-corrected chi connectivity index (χ1v) is 11.8. The molecule has 9 nitrogen and oxygen atoms in total. The van der Waals surface area contributed by atoms with Crippen molar-refractivity contribution >= 4 is 27.8 Å². The molecule has 1 aliphatic rings. The number of aliphatic hydroxyl groups excluding tert-OH is 1. The van der Waals surface area contributed by atoms with E-state index in [1.54, 1.807) is 24.5 Å². The van der Waals surface area contributed by atoms with E-state index in [1.165, 1.54) is 10.8 Å². The molecule has 3 heterocycles. The van der Waals surface area contributed by atoms with Crippen LogP contribution < -0.4 is 16.4 Å². The lowest BCUT2D eigenvalue weighted by atomic mass is 9.92. The van der Waals surface area contributed by atoms with Crippen LogP contribution in [0.25, 0.3) is 38.9 Å². The van der Waals surface area contributed by atoms with Gasteiger partial charge in [0.1, 0.15) is 23.4 Å². The lowest BCUT2D eigenvalue weighted by Gasteiger charge is -2.29. The zero-order valence-electron chi connectivity index (χ0n) is 19.2. The van der Waals surface area contributed by atoms with Crippen LogP contribution in [-0.4, -0.2) is 36.8 Å². The molecule has 3 aromatic heterocycles. The zero-order chi connectivity index (χ0) is 24.1. The number of fused-ring (bicyclic) bond motifs is 2. The molecular formula is C26H25N5O4. The molecule has 1 saturated carbocycles. The fourth-order valence-electron chi connectivity index (χ4n) is 4.98. The molecule has 35 heavy (non-hydrogen) atoms. The van der Waals surface area contributed by atoms with Gasteiger partial charge in [-0.3, -0.25) is 14.3 Å². The molecule has 9 heteroatoms. The molecule has 0 bridgehead atoms. The number of benzene rings is 2. The third-order valence-electron chi connectivity index (χ3n) is 6.80. The van der Waals surface area contributed by atoms with E-state index in [2.05, 4.69) is 20.3 Å². The first kappa shape index (κ1) is 21.4. The molecular weight excluding hydrogens is 446 g/mol. The van der Waals surface area contributed by atoms with Crippen LogP contribution in [0.5, 0.6) is 0 Å². The third kappa shape index (κ3) is 3.64. The predicted octanol–water partition coefficient (Wildman–Crippen LogP) is 3.84. The Balaban J connectivity index is 1.59. The summed E-state index contributed by atoms with van der Waals surface area (Å²) in [7, 11) is 0. The molecule has 0 radical (unpaired) electrons. The summed E-state index contributed by atoms with van der Waals surface area (Å²) in [5, 5.41) is 14.3. The highest BCUT2D eigenvalue weighted by Crippen LogP contribution is 2.31. The summed E-state index contributed by atoms with van der Waals surface area (Å²) in [6.07, 6.45) is 5.83. The van der Waals surface area contributed by atoms with Crippen molar-refractivity contribution in [2.45, 2.75) is 44.8 Å². The van der Waals surface area contributed by atoms with Gasteiger partial charge in [0.2, 0.25) is 5.43 Å². The Kier molecular flexibility index (Phi) is 5.07. The third-order valence-corrected chi connectivity index (χ3v) is 6.80. The maximum Gasteiger partial charge on any atom is 0.332 e. The molecule has 2 aromatic carbocycles. The lowest BCUT2D eigenvalue weighted by molar-refractivity contribution is 0.116.